The molecule has 9 heteroatoms. The van der Waals surface area contributed by atoms with E-state index in [-0.39, 0.29) is 24.9 Å². The zero-order chi connectivity index (χ0) is 20.8. The number of nitrogens with two attached hydrogens (primary N) is 1. The molecule has 0 saturated carbocycles. The van der Waals surface area contributed by atoms with Crippen molar-refractivity contribution in [1.82, 2.24) is 4.90 Å². The second-order valence-electron chi connectivity index (χ2n) is 6.84. The van der Waals surface area contributed by atoms with E-state index in [0.717, 1.165) is 48.7 Å². The number of carbonyl (C=O) groups excluding carboxylic acids is 2. The van der Waals surface area contributed by atoms with Crippen LogP contribution in [-0.2, 0) is 17.8 Å². The first kappa shape index (κ1) is 24.0. The standard InChI is InChI=1S/C21H27N3O4S.ClH/c1-3-10-24-11-9-16-17(12-24)29-21(19(16)20(22)26)23-18(25)13-28-15-7-5-14(6-8-15)27-4-2;/h5-8H,3-4,9-13H2,1-2H3,(H2,22,26)(H,23,25);1H. The molecule has 0 fully saturated rings. The fraction of sp³-hybridized carbons (Fsp3) is 0.429. The van der Waals surface area contributed by atoms with Crippen molar-refractivity contribution in [2.24, 2.45) is 5.73 Å². The van der Waals surface area contributed by atoms with Gasteiger partial charge in [0, 0.05) is 18.0 Å². The number of thiophene rings is 1. The zero-order valence-corrected chi connectivity index (χ0v) is 18.9. The third-order valence-electron chi connectivity index (χ3n) is 4.68. The first-order valence-corrected chi connectivity index (χ1v) is 10.7. The molecular formula is C21H28ClN3O4S. The van der Waals surface area contributed by atoms with Crippen LogP contribution in [-0.4, -0.2) is 43.0 Å². The van der Waals surface area contributed by atoms with Crippen LogP contribution >= 0.6 is 23.7 Å². The highest BCUT2D eigenvalue weighted by Crippen LogP contribution is 2.37. The first-order chi connectivity index (χ1) is 14.0. The Bertz CT molecular complexity index is 870. The van der Waals surface area contributed by atoms with E-state index in [4.69, 9.17) is 15.2 Å². The van der Waals surface area contributed by atoms with Gasteiger partial charge in [0.25, 0.3) is 11.8 Å². The van der Waals surface area contributed by atoms with Crippen molar-refractivity contribution in [3.8, 4) is 11.5 Å². The molecule has 0 spiro atoms. The van der Waals surface area contributed by atoms with Gasteiger partial charge in [-0.05, 0) is 56.1 Å². The Hall–Kier alpha value is -2.29. The molecule has 0 atom stereocenters. The summed E-state index contributed by atoms with van der Waals surface area (Å²) in [6.45, 7) is 7.19. The number of hydrogen-bond donors (Lipinski definition) is 2. The maximum atomic E-state index is 12.4. The van der Waals surface area contributed by atoms with Gasteiger partial charge in [-0.1, -0.05) is 6.92 Å². The minimum absolute atomic E-state index is 0. The highest BCUT2D eigenvalue weighted by Gasteiger charge is 2.27. The van der Waals surface area contributed by atoms with Gasteiger partial charge in [-0.3, -0.25) is 14.5 Å². The van der Waals surface area contributed by atoms with Crippen molar-refractivity contribution in [3.05, 3.63) is 40.3 Å². The molecule has 0 unspecified atom stereocenters. The molecule has 3 N–H and O–H groups in total. The number of halogens is 1. The smallest absolute Gasteiger partial charge is 0.262 e. The zero-order valence-electron chi connectivity index (χ0n) is 17.2. The molecule has 2 aromatic rings. The van der Waals surface area contributed by atoms with Gasteiger partial charge in [0.2, 0.25) is 0 Å². The van der Waals surface area contributed by atoms with Crippen molar-refractivity contribution in [1.29, 1.82) is 0 Å². The molecule has 7 nitrogen and oxygen atoms in total. The van der Waals surface area contributed by atoms with E-state index in [1.807, 2.05) is 6.92 Å². The van der Waals surface area contributed by atoms with Crippen LogP contribution in [0.4, 0.5) is 5.00 Å². The van der Waals surface area contributed by atoms with E-state index in [1.165, 1.54) is 11.3 Å². The molecule has 2 heterocycles. The van der Waals surface area contributed by atoms with E-state index < -0.39 is 5.91 Å². The first-order valence-electron chi connectivity index (χ1n) is 9.84. The Balaban J connectivity index is 0.00000320. The Morgan fingerprint density at radius 3 is 2.43 bits per heavy atom. The van der Waals surface area contributed by atoms with Crippen LogP contribution in [0.15, 0.2) is 24.3 Å². The minimum atomic E-state index is -0.505. The SMILES string of the molecule is CCCN1CCc2c(sc(NC(=O)COc3ccc(OCC)cc3)c2C(N)=O)C1.Cl. The fourth-order valence-corrected chi connectivity index (χ4v) is 4.73. The number of amides is 2. The third-order valence-corrected chi connectivity index (χ3v) is 5.81. The van der Waals surface area contributed by atoms with Gasteiger partial charge in [0.15, 0.2) is 6.61 Å². The summed E-state index contributed by atoms with van der Waals surface area (Å²) in [5.41, 5.74) is 7.03. The summed E-state index contributed by atoms with van der Waals surface area (Å²) in [5, 5.41) is 3.32. The molecule has 0 aliphatic carbocycles. The van der Waals surface area contributed by atoms with Crippen molar-refractivity contribution < 1.29 is 19.1 Å². The van der Waals surface area contributed by atoms with Crippen LogP contribution in [0.25, 0.3) is 0 Å². The molecule has 0 saturated heterocycles. The maximum Gasteiger partial charge on any atom is 0.262 e. The largest absolute Gasteiger partial charge is 0.494 e. The lowest BCUT2D eigenvalue weighted by Crippen LogP contribution is -2.31. The van der Waals surface area contributed by atoms with Crippen LogP contribution in [0.1, 0.15) is 41.1 Å². The van der Waals surface area contributed by atoms with Crippen molar-refractivity contribution in [2.75, 3.05) is 31.6 Å². The number of anilines is 1. The van der Waals surface area contributed by atoms with Crippen molar-refractivity contribution in [3.63, 3.8) is 0 Å². The van der Waals surface area contributed by atoms with E-state index in [9.17, 15) is 9.59 Å². The predicted molar refractivity (Wildman–Crippen MR) is 121 cm³/mol. The molecular weight excluding hydrogens is 426 g/mol. The number of hydrogen-bond acceptors (Lipinski definition) is 6. The van der Waals surface area contributed by atoms with Crippen LogP contribution in [0.3, 0.4) is 0 Å². The number of carbonyl (C=O) groups is 2. The molecule has 1 aromatic carbocycles. The molecule has 0 bridgehead atoms. The van der Waals surface area contributed by atoms with Crippen LogP contribution < -0.4 is 20.5 Å². The average Bonchev–Trinajstić information content (AvgIpc) is 3.05. The highest BCUT2D eigenvalue weighted by molar-refractivity contribution is 7.17. The predicted octanol–water partition coefficient (Wildman–Crippen LogP) is 3.45. The van der Waals surface area contributed by atoms with Gasteiger partial charge in [0.1, 0.15) is 16.5 Å². The van der Waals surface area contributed by atoms with Gasteiger partial charge in [-0.15, -0.1) is 23.7 Å². The van der Waals surface area contributed by atoms with Crippen molar-refractivity contribution >= 4 is 40.6 Å². The minimum Gasteiger partial charge on any atom is -0.494 e. The molecule has 0 radical (unpaired) electrons. The normalized spacial score (nSPS) is 13.1. The summed E-state index contributed by atoms with van der Waals surface area (Å²) in [7, 11) is 0. The average molecular weight is 454 g/mol. The number of benzene rings is 1. The van der Waals surface area contributed by atoms with Crippen LogP contribution in [0.5, 0.6) is 11.5 Å². The molecule has 164 valence electrons. The van der Waals surface area contributed by atoms with Gasteiger partial charge < -0.3 is 20.5 Å². The quantitative estimate of drug-likeness (QED) is 0.606. The number of nitrogens with zero attached hydrogens (tertiary/aromatic N) is 1. The van der Waals surface area contributed by atoms with E-state index >= 15 is 0 Å². The summed E-state index contributed by atoms with van der Waals surface area (Å²) < 4.78 is 10.9. The second kappa shape index (κ2) is 11.2. The Morgan fingerprint density at radius 1 is 1.17 bits per heavy atom. The Morgan fingerprint density at radius 2 is 1.83 bits per heavy atom. The second-order valence-corrected chi connectivity index (χ2v) is 7.94. The number of nitrogens with one attached hydrogen (secondary N) is 1. The maximum absolute atomic E-state index is 12.4. The van der Waals surface area contributed by atoms with Gasteiger partial charge in [-0.25, -0.2) is 0 Å². The van der Waals surface area contributed by atoms with Crippen LogP contribution in [0, 0.1) is 0 Å². The molecule has 1 aromatic heterocycles. The number of fused-ring (bicyclic) bond motifs is 1. The van der Waals surface area contributed by atoms with Gasteiger partial charge >= 0.3 is 0 Å². The fourth-order valence-electron chi connectivity index (χ4n) is 3.42. The third kappa shape index (κ3) is 5.87. The number of ether oxygens (including phenoxy) is 2. The summed E-state index contributed by atoms with van der Waals surface area (Å²) in [6.07, 6.45) is 1.85. The van der Waals surface area contributed by atoms with Crippen LogP contribution in [0.2, 0.25) is 0 Å². The number of rotatable bonds is 9. The van der Waals surface area contributed by atoms with E-state index in [2.05, 4.69) is 17.1 Å². The lowest BCUT2D eigenvalue weighted by molar-refractivity contribution is -0.118. The molecule has 1 aliphatic heterocycles. The van der Waals surface area contributed by atoms with E-state index in [0.29, 0.717) is 22.9 Å². The topological polar surface area (TPSA) is 93.9 Å². The molecule has 1 aliphatic rings. The lowest BCUT2D eigenvalue weighted by Gasteiger charge is -2.26. The van der Waals surface area contributed by atoms with Crippen molar-refractivity contribution in [2.45, 2.75) is 33.2 Å². The highest BCUT2D eigenvalue weighted by atomic mass is 35.5. The summed E-state index contributed by atoms with van der Waals surface area (Å²) in [4.78, 5) is 27.9. The lowest BCUT2D eigenvalue weighted by atomic mass is 10.0. The Kier molecular flexibility index (Phi) is 8.95. The summed E-state index contributed by atoms with van der Waals surface area (Å²) in [5.74, 6) is 0.482. The summed E-state index contributed by atoms with van der Waals surface area (Å²) >= 11 is 1.43. The monoisotopic (exact) mass is 453 g/mol. The molecule has 2 amide bonds. The summed E-state index contributed by atoms with van der Waals surface area (Å²) in [6, 6.07) is 7.08. The number of primary amides is 1. The van der Waals surface area contributed by atoms with E-state index in [1.54, 1.807) is 24.3 Å². The molecule has 30 heavy (non-hydrogen) atoms. The molecule has 3 rings (SSSR count). The van der Waals surface area contributed by atoms with Gasteiger partial charge in [0.05, 0.1) is 12.2 Å². The Labute approximate surface area is 186 Å². The van der Waals surface area contributed by atoms with Gasteiger partial charge in [-0.2, -0.15) is 0 Å².